The van der Waals surface area contributed by atoms with Crippen molar-refractivity contribution >= 4 is 15.9 Å². The summed E-state index contributed by atoms with van der Waals surface area (Å²) < 4.78 is 11.4. The lowest BCUT2D eigenvalue weighted by atomic mass is 9.74. The quantitative estimate of drug-likeness (QED) is 0.891. The molecule has 5 heteroatoms. The maximum atomic E-state index is 10.4. The molecule has 1 aliphatic heterocycles. The fraction of sp³-hybridized carbons (Fsp3) is 0.636. The summed E-state index contributed by atoms with van der Waals surface area (Å²) in [5, 5.41) is 10.4. The van der Waals surface area contributed by atoms with E-state index in [1.54, 1.807) is 12.3 Å². The normalized spacial score (nSPS) is 21.9. The number of aliphatic hydroxyl groups is 1. The van der Waals surface area contributed by atoms with Gasteiger partial charge in [0.2, 0.25) is 0 Å². The van der Waals surface area contributed by atoms with Crippen molar-refractivity contribution in [1.82, 2.24) is 0 Å². The molecular weight excluding hydrogens is 274 g/mol. The molecule has 2 heterocycles. The van der Waals surface area contributed by atoms with E-state index < -0.39 is 6.10 Å². The highest BCUT2D eigenvalue weighted by Crippen LogP contribution is 2.43. The van der Waals surface area contributed by atoms with Gasteiger partial charge in [-0.3, -0.25) is 0 Å². The predicted molar refractivity (Wildman–Crippen MR) is 62.9 cm³/mol. The second-order valence-electron chi connectivity index (χ2n) is 4.21. The highest BCUT2D eigenvalue weighted by Gasteiger charge is 2.41. The monoisotopic (exact) mass is 289 g/mol. The van der Waals surface area contributed by atoms with Crippen LogP contribution in [0.15, 0.2) is 21.2 Å². The van der Waals surface area contributed by atoms with Crippen molar-refractivity contribution in [3.05, 3.63) is 22.6 Å². The zero-order chi connectivity index (χ0) is 11.6. The molecule has 0 aromatic carbocycles. The zero-order valence-corrected chi connectivity index (χ0v) is 10.6. The van der Waals surface area contributed by atoms with Crippen LogP contribution in [-0.4, -0.2) is 24.9 Å². The van der Waals surface area contributed by atoms with E-state index in [2.05, 4.69) is 15.9 Å². The van der Waals surface area contributed by atoms with Gasteiger partial charge in [0.05, 0.1) is 10.7 Å². The van der Waals surface area contributed by atoms with Gasteiger partial charge in [-0.1, -0.05) is 0 Å². The Morgan fingerprint density at radius 1 is 1.50 bits per heavy atom. The first-order valence-electron chi connectivity index (χ1n) is 5.38. The third-order valence-corrected chi connectivity index (χ3v) is 4.02. The summed E-state index contributed by atoms with van der Waals surface area (Å²) in [7, 11) is 0. The molecule has 0 amide bonds. The van der Waals surface area contributed by atoms with E-state index in [0.717, 1.165) is 17.3 Å². The van der Waals surface area contributed by atoms with E-state index in [1.807, 2.05) is 0 Å². The van der Waals surface area contributed by atoms with E-state index in [9.17, 15) is 5.11 Å². The Morgan fingerprint density at radius 3 is 2.69 bits per heavy atom. The first-order chi connectivity index (χ1) is 7.69. The largest absolute Gasteiger partial charge is 0.465 e. The fourth-order valence-corrected chi connectivity index (χ4v) is 2.56. The molecule has 3 N–H and O–H groups in total. The number of furan rings is 1. The summed E-state index contributed by atoms with van der Waals surface area (Å²) in [6.07, 6.45) is 2.41. The molecule has 0 radical (unpaired) electrons. The molecule has 0 saturated carbocycles. The second-order valence-corrected chi connectivity index (χ2v) is 5.07. The van der Waals surface area contributed by atoms with Crippen molar-refractivity contribution in [3.63, 3.8) is 0 Å². The highest BCUT2D eigenvalue weighted by molar-refractivity contribution is 9.10. The molecule has 1 atom stereocenters. The molecule has 2 rings (SSSR count). The Kier molecular flexibility index (Phi) is 3.69. The maximum Gasteiger partial charge on any atom is 0.147 e. The minimum atomic E-state index is -0.675. The van der Waals surface area contributed by atoms with Gasteiger partial charge in [0.15, 0.2) is 0 Å². The molecular formula is C11H16BrNO3. The molecule has 1 aromatic heterocycles. The smallest absolute Gasteiger partial charge is 0.147 e. The summed E-state index contributed by atoms with van der Waals surface area (Å²) >= 11 is 3.36. The molecule has 1 aromatic rings. The Morgan fingerprint density at radius 2 is 2.19 bits per heavy atom. The summed E-state index contributed by atoms with van der Waals surface area (Å²) in [4.78, 5) is 0. The lowest BCUT2D eigenvalue weighted by molar-refractivity contribution is -0.0662. The van der Waals surface area contributed by atoms with E-state index in [-0.39, 0.29) is 5.41 Å². The van der Waals surface area contributed by atoms with Gasteiger partial charge < -0.3 is 20.0 Å². The molecule has 0 bridgehead atoms. The molecule has 1 fully saturated rings. The van der Waals surface area contributed by atoms with E-state index >= 15 is 0 Å². The number of rotatable bonds is 3. The van der Waals surface area contributed by atoms with Crippen molar-refractivity contribution < 1.29 is 14.3 Å². The van der Waals surface area contributed by atoms with Crippen molar-refractivity contribution in [2.45, 2.75) is 18.9 Å². The lowest BCUT2D eigenvalue weighted by Crippen LogP contribution is -2.41. The maximum absolute atomic E-state index is 10.4. The van der Waals surface area contributed by atoms with Gasteiger partial charge in [0.1, 0.15) is 11.9 Å². The van der Waals surface area contributed by atoms with Crippen LogP contribution in [0.3, 0.4) is 0 Å². The van der Waals surface area contributed by atoms with Crippen LogP contribution in [0.5, 0.6) is 0 Å². The summed E-state index contributed by atoms with van der Waals surface area (Å²) in [6, 6.07) is 1.78. The predicted octanol–water partition coefficient (Wildman–Crippen LogP) is 1.83. The van der Waals surface area contributed by atoms with Gasteiger partial charge in [-0.25, -0.2) is 0 Å². The Labute approximate surface area is 103 Å². The van der Waals surface area contributed by atoms with Crippen LogP contribution >= 0.6 is 15.9 Å². The van der Waals surface area contributed by atoms with E-state index in [4.69, 9.17) is 14.9 Å². The third-order valence-electron chi connectivity index (χ3n) is 3.37. The Hall–Kier alpha value is -0.360. The zero-order valence-electron chi connectivity index (χ0n) is 8.99. The fourth-order valence-electron chi connectivity index (χ4n) is 2.15. The molecule has 1 unspecified atom stereocenters. The van der Waals surface area contributed by atoms with Gasteiger partial charge in [0, 0.05) is 25.2 Å². The molecule has 4 nitrogen and oxygen atoms in total. The number of halogens is 1. The van der Waals surface area contributed by atoms with Crippen molar-refractivity contribution in [1.29, 1.82) is 0 Å². The Bertz CT molecular complexity index is 347. The van der Waals surface area contributed by atoms with Gasteiger partial charge in [0.25, 0.3) is 0 Å². The van der Waals surface area contributed by atoms with Gasteiger partial charge in [-0.15, -0.1) is 0 Å². The average Bonchev–Trinajstić information content (AvgIpc) is 2.75. The van der Waals surface area contributed by atoms with Crippen LogP contribution in [0.4, 0.5) is 0 Å². The van der Waals surface area contributed by atoms with Crippen LogP contribution in [-0.2, 0) is 4.74 Å². The summed E-state index contributed by atoms with van der Waals surface area (Å²) in [5.41, 5.74) is 5.50. The highest BCUT2D eigenvalue weighted by atomic mass is 79.9. The molecule has 0 spiro atoms. The first kappa shape index (κ1) is 12.1. The van der Waals surface area contributed by atoms with Crippen LogP contribution < -0.4 is 5.73 Å². The van der Waals surface area contributed by atoms with E-state index in [1.165, 1.54) is 0 Å². The third kappa shape index (κ3) is 2.05. The van der Waals surface area contributed by atoms with Crippen LogP contribution in [0.1, 0.15) is 24.7 Å². The second kappa shape index (κ2) is 4.87. The SMILES string of the molecule is NCC1(C(O)c2occc2Br)CCOCC1. The van der Waals surface area contributed by atoms with Crippen molar-refractivity contribution in [3.8, 4) is 0 Å². The van der Waals surface area contributed by atoms with Crippen LogP contribution in [0, 0.1) is 5.41 Å². The minimum Gasteiger partial charge on any atom is -0.465 e. The summed E-state index contributed by atoms with van der Waals surface area (Å²) in [5.74, 6) is 0.562. The Balaban J connectivity index is 2.24. The number of aliphatic hydroxyl groups excluding tert-OH is 1. The first-order valence-corrected chi connectivity index (χ1v) is 6.18. The molecule has 0 aliphatic carbocycles. The topological polar surface area (TPSA) is 68.6 Å². The summed E-state index contributed by atoms with van der Waals surface area (Å²) in [6.45, 7) is 1.73. The van der Waals surface area contributed by atoms with E-state index in [0.29, 0.717) is 25.5 Å². The van der Waals surface area contributed by atoms with Crippen molar-refractivity contribution in [2.24, 2.45) is 11.1 Å². The number of nitrogens with two attached hydrogens (primary N) is 1. The van der Waals surface area contributed by atoms with Crippen LogP contribution in [0.25, 0.3) is 0 Å². The standard InChI is InChI=1S/C11H16BrNO3/c12-8-1-4-16-9(8)10(14)11(7-13)2-5-15-6-3-11/h1,4,10,14H,2-3,5-7,13H2. The lowest BCUT2D eigenvalue weighted by Gasteiger charge is -2.39. The number of hydrogen-bond donors (Lipinski definition) is 2. The number of ether oxygens (including phenoxy) is 1. The number of hydrogen-bond acceptors (Lipinski definition) is 4. The minimum absolute atomic E-state index is 0.321. The van der Waals surface area contributed by atoms with Gasteiger partial charge in [-0.05, 0) is 34.8 Å². The molecule has 16 heavy (non-hydrogen) atoms. The molecule has 1 saturated heterocycles. The van der Waals surface area contributed by atoms with Crippen LogP contribution in [0.2, 0.25) is 0 Å². The van der Waals surface area contributed by atoms with Gasteiger partial charge in [-0.2, -0.15) is 0 Å². The molecule has 1 aliphatic rings. The van der Waals surface area contributed by atoms with Gasteiger partial charge >= 0.3 is 0 Å². The van der Waals surface area contributed by atoms with Crippen molar-refractivity contribution in [2.75, 3.05) is 19.8 Å². The molecule has 90 valence electrons. The average molecular weight is 290 g/mol.